The van der Waals surface area contributed by atoms with Crippen LogP contribution >= 0.6 is 0 Å². The molecule has 1 rings (SSSR count). The smallest absolute Gasteiger partial charge is 0.0345 e. The van der Waals surface area contributed by atoms with Crippen molar-refractivity contribution < 1.29 is 0 Å². The molecule has 76 valence electrons. The minimum absolute atomic E-state index is 1.19. The fourth-order valence-corrected chi connectivity index (χ4v) is 1.41. The van der Waals surface area contributed by atoms with Crippen molar-refractivity contribution in [1.82, 2.24) is 0 Å². The lowest BCUT2D eigenvalue weighted by molar-refractivity contribution is 0.861. The Morgan fingerprint density at radius 1 is 0.429 bits per heavy atom. The lowest BCUT2D eigenvalue weighted by Crippen LogP contribution is -1.71. The maximum absolute atomic E-state index is 2.26. The van der Waals surface area contributed by atoms with Gasteiger partial charge < -0.3 is 0 Å². The van der Waals surface area contributed by atoms with Gasteiger partial charge in [-0.15, -0.1) is 0 Å². The zero-order valence-corrected chi connectivity index (χ0v) is 8.86. The van der Waals surface area contributed by atoms with Crippen LogP contribution in [0, 0.1) is 0 Å². The number of hydrogen-bond acceptors (Lipinski definition) is 0. The van der Waals surface area contributed by atoms with E-state index < -0.39 is 0 Å². The second-order valence-electron chi connectivity index (χ2n) is 3.57. The zero-order chi connectivity index (χ0) is 9.90. The van der Waals surface area contributed by atoms with Crippen LogP contribution in [0.3, 0.4) is 0 Å². The Kier molecular flexibility index (Phi) is 6.74. The van der Waals surface area contributed by atoms with E-state index in [2.05, 4.69) is 48.6 Å². The summed E-state index contributed by atoms with van der Waals surface area (Å²) in [6.07, 6.45) is 25.0. The highest BCUT2D eigenvalue weighted by Gasteiger charge is 1.82. The Bertz CT molecular complexity index is 178. The monoisotopic (exact) mass is 188 g/mol. The van der Waals surface area contributed by atoms with Gasteiger partial charge in [0.15, 0.2) is 0 Å². The van der Waals surface area contributed by atoms with Crippen LogP contribution in [0.5, 0.6) is 0 Å². The van der Waals surface area contributed by atoms with Crippen molar-refractivity contribution in [3.8, 4) is 0 Å². The Hall–Kier alpha value is -1.04. The molecule has 1 aliphatic rings. The van der Waals surface area contributed by atoms with Crippen molar-refractivity contribution in [3.63, 3.8) is 0 Å². The first-order valence-electron chi connectivity index (χ1n) is 5.63. The fourth-order valence-electron chi connectivity index (χ4n) is 1.41. The molecular formula is C14H20. The van der Waals surface area contributed by atoms with Crippen molar-refractivity contribution in [3.05, 3.63) is 48.6 Å². The fraction of sp³-hybridized carbons (Fsp3) is 0.429. The van der Waals surface area contributed by atoms with Gasteiger partial charge in [-0.05, 0) is 38.5 Å². The Morgan fingerprint density at radius 3 is 1.00 bits per heavy atom. The van der Waals surface area contributed by atoms with E-state index in [1.807, 2.05) is 0 Å². The summed E-state index contributed by atoms with van der Waals surface area (Å²) in [4.78, 5) is 0. The van der Waals surface area contributed by atoms with Gasteiger partial charge in [0.25, 0.3) is 0 Å². The molecule has 0 spiro atoms. The highest BCUT2D eigenvalue weighted by molar-refractivity contribution is 5.05. The van der Waals surface area contributed by atoms with E-state index in [1.54, 1.807) is 0 Å². The van der Waals surface area contributed by atoms with E-state index in [9.17, 15) is 0 Å². The van der Waals surface area contributed by atoms with Crippen molar-refractivity contribution in [1.29, 1.82) is 0 Å². The van der Waals surface area contributed by atoms with Gasteiger partial charge in [0.1, 0.15) is 0 Å². The van der Waals surface area contributed by atoms with E-state index in [0.29, 0.717) is 0 Å². The van der Waals surface area contributed by atoms with Gasteiger partial charge in [-0.25, -0.2) is 0 Å². The summed E-state index contributed by atoms with van der Waals surface area (Å²) in [5.74, 6) is 0. The highest BCUT2D eigenvalue weighted by Crippen LogP contribution is 2.02. The minimum atomic E-state index is 1.19. The molecule has 0 bridgehead atoms. The Labute approximate surface area is 87.7 Å². The average molecular weight is 188 g/mol. The SMILES string of the molecule is C1=CCCCC=CC=CCCCC=C1. The van der Waals surface area contributed by atoms with Crippen LogP contribution in [0.1, 0.15) is 38.5 Å². The van der Waals surface area contributed by atoms with Crippen molar-refractivity contribution >= 4 is 0 Å². The molecule has 0 aromatic heterocycles. The molecule has 0 fully saturated rings. The molecule has 1 aliphatic carbocycles. The van der Waals surface area contributed by atoms with E-state index in [0.717, 1.165) is 0 Å². The maximum Gasteiger partial charge on any atom is -0.0345 e. The summed E-state index contributed by atoms with van der Waals surface area (Å²) >= 11 is 0. The summed E-state index contributed by atoms with van der Waals surface area (Å²) in [7, 11) is 0. The molecule has 0 heteroatoms. The first-order chi connectivity index (χ1) is 7.00. The van der Waals surface area contributed by atoms with Crippen LogP contribution < -0.4 is 0 Å². The van der Waals surface area contributed by atoms with E-state index in [-0.39, 0.29) is 0 Å². The third kappa shape index (κ3) is 6.47. The molecule has 14 heavy (non-hydrogen) atoms. The summed E-state index contributed by atoms with van der Waals surface area (Å²) < 4.78 is 0. The van der Waals surface area contributed by atoms with Crippen molar-refractivity contribution in [2.24, 2.45) is 0 Å². The number of rotatable bonds is 0. The molecule has 0 radical (unpaired) electrons. The first kappa shape index (κ1) is 11.0. The molecule has 0 saturated carbocycles. The zero-order valence-electron chi connectivity index (χ0n) is 8.86. The topological polar surface area (TPSA) is 0 Å². The van der Waals surface area contributed by atoms with Crippen LogP contribution in [0.15, 0.2) is 48.6 Å². The van der Waals surface area contributed by atoms with Crippen LogP contribution in [-0.2, 0) is 0 Å². The average Bonchev–Trinajstić information content (AvgIpc) is 2.22. The van der Waals surface area contributed by atoms with Crippen molar-refractivity contribution in [2.75, 3.05) is 0 Å². The van der Waals surface area contributed by atoms with Gasteiger partial charge in [0, 0.05) is 0 Å². The molecule has 0 aromatic rings. The predicted octanol–water partition coefficient (Wildman–Crippen LogP) is 4.57. The van der Waals surface area contributed by atoms with Crippen molar-refractivity contribution in [2.45, 2.75) is 38.5 Å². The lowest BCUT2D eigenvalue weighted by atomic mass is 10.2. The number of hydrogen-bond donors (Lipinski definition) is 0. The maximum atomic E-state index is 2.26. The van der Waals surface area contributed by atoms with Gasteiger partial charge >= 0.3 is 0 Å². The van der Waals surface area contributed by atoms with Gasteiger partial charge in [0.05, 0.1) is 0 Å². The van der Waals surface area contributed by atoms with E-state index >= 15 is 0 Å². The molecule has 0 N–H and O–H groups in total. The Balaban J connectivity index is 2.33. The third-order valence-corrected chi connectivity index (χ3v) is 2.25. The molecule has 0 nitrogen and oxygen atoms in total. The standard InChI is InChI=1S/C14H20/c1-2-4-6-8-10-12-14-13-11-9-7-5-3-1/h1-4,11-14H,5-10H2. The van der Waals surface area contributed by atoms with E-state index in [1.165, 1.54) is 38.5 Å². The van der Waals surface area contributed by atoms with Crippen LogP contribution in [0.25, 0.3) is 0 Å². The van der Waals surface area contributed by atoms with Crippen LogP contribution in [-0.4, -0.2) is 0 Å². The van der Waals surface area contributed by atoms with Gasteiger partial charge in [-0.3, -0.25) is 0 Å². The summed E-state index contributed by atoms with van der Waals surface area (Å²) in [5.41, 5.74) is 0. The normalized spacial score (nSPS) is 19.4. The molecule has 0 atom stereocenters. The highest BCUT2D eigenvalue weighted by atomic mass is 13.9. The molecule has 0 heterocycles. The van der Waals surface area contributed by atoms with Crippen LogP contribution in [0.2, 0.25) is 0 Å². The summed E-state index contributed by atoms with van der Waals surface area (Å²) in [6, 6.07) is 0. The number of allylic oxidation sites excluding steroid dienone is 8. The second kappa shape index (κ2) is 8.55. The third-order valence-electron chi connectivity index (χ3n) is 2.25. The largest absolute Gasteiger partial charge is 0.0845 e. The lowest BCUT2D eigenvalue weighted by Gasteiger charge is -1.91. The molecule has 0 saturated heterocycles. The predicted molar refractivity (Wildman–Crippen MR) is 64.3 cm³/mol. The molecule has 0 aromatic carbocycles. The van der Waals surface area contributed by atoms with E-state index in [4.69, 9.17) is 0 Å². The quantitative estimate of drug-likeness (QED) is 0.522. The Morgan fingerprint density at radius 2 is 0.714 bits per heavy atom. The van der Waals surface area contributed by atoms with Gasteiger partial charge in [-0.2, -0.15) is 0 Å². The molecule has 0 aliphatic heterocycles. The molecule has 0 amide bonds. The second-order valence-corrected chi connectivity index (χ2v) is 3.57. The first-order valence-corrected chi connectivity index (χ1v) is 5.63. The molecular weight excluding hydrogens is 168 g/mol. The summed E-state index contributed by atoms with van der Waals surface area (Å²) in [5, 5.41) is 0. The van der Waals surface area contributed by atoms with Crippen LogP contribution in [0.4, 0.5) is 0 Å². The van der Waals surface area contributed by atoms with Gasteiger partial charge in [-0.1, -0.05) is 48.6 Å². The van der Waals surface area contributed by atoms with Gasteiger partial charge in [0.2, 0.25) is 0 Å². The minimum Gasteiger partial charge on any atom is -0.0845 e. The molecule has 0 unspecified atom stereocenters. The summed E-state index contributed by atoms with van der Waals surface area (Å²) in [6.45, 7) is 0.